The number of halogens is 19. The van der Waals surface area contributed by atoms with E-state index < -0.39 is 152 Å². The van der Waals surface area contributed by atoms with E-state index in [1.54, 1.807) is 41.5 Å². The quantitative estimate of drug-likeness (QED) is 0.0334. The van der Waals surface area contributed by atoms with Gasteiger partial charge < -0.3 is 33.2 Å². The van der Waals surface area contributed by atoms with E-state index in [2.05, 4.69) is 168 Å². The van der Waals surface area contributed by atoms with E-state index >= 15 is 0 Å². The molecule has 856 valence electrons. The van der Waals surface area contributed by atoms with Crippen molar-refractivity contribution < 1.29 is 150 Å². The number of benzene rings is 1. The highest BCUT2D eigenvalue weighted by molar-refractivity contribution is 6.76. The summed E-state index contributed by atoms with van der Waals surface area (Å²) in [6.07, 6.45) is -11.7. The van der Waals surface area contributed by atoms with Gasteiger partial charge in [0, 0.05) is 29.0 Å². The summed E-state index contributed by atoms with van der Waals surface area (Å²) in [6.45, 7) is 85.6. The monoisotopic (exact) mass is 2150 g/mol. The molecule has 0 aliphatic heterocycles. The number of rotatable bonds is 28. The molecule has 8 unspecified atom stereocenters. The van der Waals surface area contributed by atoms with E-state index in [1.807, 2.05) is 62.3 Å². The predicted molar refractivity (Wildman–Crippen MR) is 546 cm³/mol. The molecule has 3 aliphatic rings. The first-order chi connectivity index (χ1) is 63.7. The minimum atomic E-state index is -5.95. The Balaban J connectivity index is -0.000000371. The van der Waals surface area contributed by atoms with Crippen LogP contribution in [-0.4, -0.2) is 141 Å². The molecule has 0 N–H and O–H groups in total. The molecule has 8 atom stereocenters. The van der Waals surface area contributed by atoms with Crippen LogP contribution in [0.5, 0.6) is 0 Å². The van der Waals surface area contributed by atoms with Crippen LogP contribution in [0.3, 0.4) is 0 Å². The van der Waals surface area contributed by atoms with E-state index in [0.29, 0.717) is 37.5 Å². The van der Waals surface area contributed by atoms with Crippen molar-refractivity contribution in [2.45, 2.75) is 558 Å². The van der Waals surface area contributed by atoms with Gasteiger partial charge in [0.05, 0.1) is 27.1 Å². The number of esters is 7. The lowest BCUT2D eigenvalue weighted by Gasteiger charge is -2.45. The highest BCUT2D eigenvalue weighted by Crippen LogP contribution is 2.60. The summed E-state index contributed by atoms with van der Waals surface area (Å²) in [7, 11) is -1.48. The molecule has 1 aromatic carbocycles. The molecule has 0 amide bonds. The maximum Gasteiger partial charge on any atom is 0.425 e. The highest BCUT2D eigenvalue weighted by Gasteiger charge is 2.84. The lowest BCUT2D eigenvalue weighted by atomic mass is 9.72. The maximum absolute atomic E-state index is 14.1. The second-order valence-corrected chi connectivity index (χ2v) is 60.4. The van der Waals surface area contributed by atoms with Gasteiger partial charge >= 0.3 is 90.1 Å². The number of alkyl halides is 19. The van der Waals surface area contributed by atoms with Crippen LogP contribution in [0.25, 0.3) is 0 Å². The van der Waals surface area contributed by atoms with Crippen molar-refractivity contribution in [3.05, 3.63) is 35.4 Å². The van der Waals surface area contributed by atoms with Crippen LogP contribution >= 0.6 is 0 Å². The van der Waals surface area contributed by atoms with Gasteiger partial charge in [-0.3, -0.25) is 33.6 Å². The van der Waals surface area contributed by atoms with Crippen LogP contribution < -0.4 is 0 Å². The lowest BCUT2D eigenvalue weighted by Crippen LogP contribution is -2.69. The molecule has 0 spiro atoms. The van der Waals surface area contributed by atoms with Gasteiger partial charge in [0.15, 0.2) is 23.0 Å². The van der Waals surface area contributed by atoms with E-state index in [9.17, 15) is 117 Å². The number of carbonyl (C=O) groups is 7. The minimum absolute atomic E-state index is 0.0197. The molecule has 4 rings (SSSR count). The Kier molecular flexibility index (Phi) is 61.2. The summed E-state index contributed by atoms with van der Waals surface area (Å²) < 4.78 is 276. The Bertz CT molecular complexity index is 3810. The van der Waals surface area contributed by atoms with Crippen LogP contribution in [0, 0.1) is 61.1 Å². The van der Waals surface area contributed by atoms with Crippen molar-refractivity contribution >= 4 is 57.9 Å². The third-order valence-corrected chi connectivity index (χ3v) is 31.1. The molecular weight excluding hydrogens is 1950 g/mol. The molecule has 3 fully saturated rings. The Hall–Kier alpha value is -5.39. The molecule has 35 heteroatoms. The van der Waals surface area contributed by atoms with Gasteiger partial charge in [0.1, 0.15) is 22.9 Å². The van der Waals surface area contributed by atoms with E-state index in [-0.39, 0.29) is 70.2 Å². The zero-order chi connectivity index (χ0) is 116. The van der Waals surface area contributed by atoms with Gasteiger partial charge in [0.25, 0.3) is 0 Å². The number of ether oxygens (including phenoxy) is 7. The molecule has 3 aliphatic carbocycles. The van der Waals surface area contributed by atoms with E-state index in [0.717, 1.165) is 84.5 Å². The number of hydrogen-bond acceptors (Lipinski definition) is 14. The second-order valence-electron chi connectivity index (χ2n) is 49.3. The molecule has 0 aromatic heterocycles. The zero-order valence-corrected chi connectivity index (χ0v) is 99.0. The van der Waals surface area contributed by atoms with Crippen LogP contribution in [0.1, 0.15) is 429 Å². The predicted octanol–water partition coefficient (Wildman–Crippen LogP) is 36.3. The van der Waals surface area contributed by atoms with Crippen molar-refractivity contribution in [1.82, 2.24) is 0 Å². The molecule has 144 heavy (non-hydrogen) atoms. The first-order valence-corrected chi connectivity index (χ1v) is 58.9. The fourth-order valence-corrected chi connectivity index (χ4v) is 17.6. The molecule has 1 aromatic rings. The van der Waals surface area contributed by atoms with Crippen LogP contribution in [-0.2, 0) is 72.1 Å². The van der Waals surface area contributed by atoms with Crippen molar-refractivity contribution in [2.75, 3.05) is 0 Å². The van der Waals surface area contributed by atoms with E-state index in [4.69, 9.17) is 18.9 Å². The summed E-state index contributed by atoms with van der Waals surface area (Å²) in [5.41, 5.74) is -6.70. The van der Waals surface area contributed by atoms with Gasteiger partial charge in [-0.2, -0.15) is 83.4 Å². The fourth-order valence-electron chi connectivity index (χ4n) is 12.9. The van der Waals surface area contributed by atoms with Gasteiger partial charge in [0.2, 0.25) is 0 Å². The van der Waals surface area contributed by atoms with Crippen LogP contribution in [0.4, 0.5) is 83.4 Å². The average molecular weight is 2150 g/mol. The van der Waals surface area contributed by atoms with Crippen LogP contribution in [0.2, 0.25) is 51.4 Å². The highest BCUT2D eigenvalue weighted by atomic mass is 28.3. The summed E-state index contributed by atoms with van der Waals surface area (Å²) >= 11 is 0. The Morgan fingerprint density at radius 3 is 0.931 bits per heavy atom. The van der Waals surface area contributed by atoms with E-state index in [1.165, 1.54) is 111 Å². The second kappa shape index (κ2) is 59.0. The summed E-state index contributed by atoms with van der Waals surface area (Å²) in [5, 5.41) is 0. The SMILES string of the molecule is CCC(C)(C(=O)OC(C)(C)C)C(F)(F)F.CCC(C)(C(=O)OC1CCC(C(C)(C)C)CC1)C(F)(F)F.CCC(C)(C)C(=O)OC(C)(C)C.CCC(C)(C)C(=O)OC(C)C(F)(F)F.CCC(C)(C)C(=O)OC(C)C(F)(F)F.CCC(C)(C)C(=O)OC1(F)CCC(F)(F)C(F)(F)C1(F)F.CCC(C)C[Si](C)(C)C.CCC(C)C[Si](C)(C)C.CCC(C)c1ccc(C(C)(C)C)cc1.CCC1(OC(=O)C(C)(C)CC)CCCC1. The molecule has 0 radical (unpaired) electrons. The van der Waals surface area contributed by atoms with Gasteiger partial charge in [-0.15, -0.1) is 0 Å². The van der Waals surface area contributed by atoms with Crippen molar-refractivity contribution in [3.8, 4) is 0 Å². The largest absolute Gasteiger partial charge is 0.462 e. The maximum atomic E-state index is 14.1. The molecule has 3 saturated carbocycles. The lowest BCUT2D eigenvalue weighted by molar-refractivity contribution is -0.409. The van der Waals surface area contributed by atoms with Crippen LogP contribution in [0.15, 0.2) is 24.3 Å². The third-order valence-electron chi connectivity index (χ3n) is 27.3. The first-order valence-electron chi connectivity index (χ1n) is 51.5. The molecule has 0 saturated heterocycles. The summed E-state index contributed by atoms with van der Waals surface area (Å²) in [6, 6.07) is 12.1. The normalized spacial score (nSPS) is 19.6. The minimum Gasteiger partial charge on any atom is -0.462 e. The third kappa shape index (κ3) is 53.1. The molecule has 14 nitrogen and oxygen atoms in total. The molecule has 0 heterocycles. The topological polar surface area (TPSA) is 184 Å². The fraction of sp³-hybridized carbons (Fsp3) is 0.881. The Morgan fingerprint density at radius 1 is 0.368 bits per heavy atom. The first kappa shape index (κ1) is 149. The average Bonchev–Trinajstić information content (AvgIpc) is 0.731. The van der Waals surface area contributed by atoms with Crippen molar-refractivity contribution in [3.63, 3.8) is 0 Å². The summed E-state index contributed by atoms with van der Waals surface area (Å²) in [4.78, 5) is 80.9. The smallest absolute Gasteiger partial charge is 0.425 e. The standard InChI is InChI=1S/C16H27F3O2.C14H22.C13H24O2.C12H15F7O2.C10H17F3O2.C10H20O2.2C9H15F3O2.2C8H20Si/c1-6-15(5,16(17,18)19)13(20)21-12-9-7-11(8-10-12)14(2,3)4;1-6-11(2)12-7-9-13(10-8-12)14(3,4)5;1-5-12(3,4)11(14)15-13(6-2)9-7-8-10-13;1-4-8(2,3)7(20)21-10(15)6-5-9(13,14)11(16,17)12(10,18)19;1-6-9(5,10(11,12)13)7(14)15-8(2,3)4;1-7-10(5,6)8(11)12-9(2,3)4;2*1-5-8(3,4)7(13)14-6(2)9(10,11)12;2*1-6-8(2)7-9(3,4)5/h11-12H,6-10H2,1-5H3;7-11H,6H2,1-5H3;5-10H2,1-4H3;4-6H2,1-3H3;6H2,1-5H3;7H2,1-6H3;2*6H,5H2,1-4H3;2*8H,6-7H2,1-5H3. The van der Waals surface area contributed by atoms with Gasteiger partial charge in [-0.05, 0) is 293 Å². The van der Waals surface area contributed by atoms with Gasteiger partial charge in [-0.1, -0.05) is 227 Å². The molecular formula is C109H195F19O14Si2. The van der Waals surface area contributed by atoms with Crippen molar-refractivity contribution in [1.29, 1.82) is 0 Å². The number of hydrogen-bond donors (Lipinski definition) is 0. The Morgan fingerprint density at radius 2 is 0.674 bits per heavy atom. The van der Waals surface area contributed by atoms with Gasteiger partial charge in [-0.25, -0.2) is 0 Å². The zero-order valence-electron chi connectivity index (χ0n) is 97.0. The number of carbonyl (C=O) groups excluding carboxylic acids is 7. The van der Waals surface area contributed by atoms with Crippen molar-refractivity contribution in [2.24, 2.45) is 61.1 Å². The Labute approximate surface area is 858 Å². The summed E-state index contributed by atoms with van der Waals surface area (Å²) in [5.74, 6) is -23.8. The molecule has 0 bridgehead atoms.